The second-order valence-electron chi connectivity index (χ2n) is 7.82. The van der Waals surface area contributed by atoms with E-state index in [1.807, 2.05) is 12.1 Å². The Kier molecular flexibility index (Phi) is 4.80. The molecule has 0 spiro atoms. The van der Waals surface area contributed by atoms with E-state index in [-0.39, 0.29) is 17.0 Å². The highest BCUT2D eigenvalue weighted by atomic mass is 19.1. The van der Waals surface area contributed by atoms with Crippen molar-refractivity contribution >= 4 is 0 Å². The van der Waals surface area contributed by atoms with Crippen molar-refractivity contribution in [1.29, 1.82) is 0 Å². The molecule has 3 unspecified atom stereocenters. The van der Waals surface area contributed by atoms with Gasteiger partial charge in [-0.3, -0.25) is 0 Å². The Morgan fingerprint density at radius 3 is 2.58 bits per heavy atom. The smallest absolute Gasteiger partial charge is 0.127 e. The van der Waals surface area contributed by atoms with Gasteiger partial charge in [0.1, 0.15) is 11.6 Å². The molecule has 2 nitrogen and oxygen atoms in total. The second kappa shape index (κ2) is 7.09. The lowest BCUT2D eigenvalue weighted by Crippen LogP contribution is -2.44. The highest BCUT2D eigenvalue weighted by molar-refractivity contribution is 5.34. The van der Waals surface area contributed by atoms with Gasteiger partial charge in [-0.15, -0.1) is 0 Å². The molecule has 2 fully saturated rings. The van der Waals surface area contributed by atoms with Crippen molar-refractivity contribution in [2.24, 2.45) is 5.92 Å². The van der Waals surface area contributed by atoms with Crippen molar-refractivity contribution in [2.45, 2.75) is 37.2 Å². The Labute approximate surface area is 153 Å². The summed E-state index contributed by atoms with van der Waals surface area (Å²) in [5, 5.41) is 10.3. The molecule has 1 heterocycles. The maximum atomic E-state index is 14.3. The van der Waals surface area contributed by atoms with Crippen molar-refractivity contribution in [3.8, 4) is 0 Å². The standard InChI is InChI=1S/C22H25F2NO/c23-18-9-7-16(8-10-18)21(26)6-3-13-25-14-17-11-12-22(17,15-25)19-4-1-2-5-20(19)24/h1-2,4-5,7-10,17,21,26H,3,6,11-15H2. The van der Waals surface area contributed by atoms with Crippen LogP contribution < -0.4 is 0 Å². The Bertz CT molecular complexity index is 763. The molecule has 0 amide bonds. The van der Waals surface area contributed by atoms with Crippen molar-refractivity contribution in [1.82, 2.24) is 4.90 Å². The van der Waals surface area contributed by atoms with Gasteiger partial charge in [0.15, 0.2) is 0 Å². The molecule has 1 aliphatic heterocycles. The van der Waals surface area contributed by atoms with E-state index in [1.54, 1.807) is 24.3 Å². The maximum absolute atomic E-state index is 14.3. The molecule has 4 rings (SSSR count). The average molecular weight is 357 g/mol. The van der Waals surface area contributed by atoms with E-state index in [2.05, 4.69) is 4.90 Å². The first-order valence-electron chi connectivity index (χ1n) is 9.49. The molecule has 1 aliphatic carbocycles. The number of hydrogen-bond donors (Lipinski definition) is 1. The van der Waals surface area contributed by atoms with E-state index in [0.717, 1.165) is 43.6 Å². The van der Waals surface area contributed by atoms with E-state index < -0.39 is 6.10 Å². The molecule has 0 bridgehead atoms. The Morgan fingerprint density at radius 2 is 1.88 bits per heavy atom. The van der Waals surface area contributed by atoms with Crippen LogP contribution in [0.5, 0.6) is 0 Å². The summed E-state index contributed by atoms with van der Waals surface area (Å²) in [4.78, 5) is 2.42. The molecule has 26 heavy (non-hydrogen) atoms. The fourth-order valence-corrected chi connectivity index (χ4v) is 4.78. The predicted octanol–water partition coefficient (Wildman–Crippen LogP) is 4.44. The number of nitrogens with zero attached hydrogens (tertiary/aromatic N) is 1. The number of aliphatic hydroxyl groups excluding tert-OH is 1. The summed E-state index contributed by atoms with van der Waals surface area (Å²) in [6.07, 6.45) is 3.20. The van der Waals surface area contributed by atoms with Gasteiger partial charge in [0.05, 0.1) is 6.10 Å². The Balaban J connectivity index is 1.33. The van der Waals surface area contributed by atoms with Crippen molar-refractivity contribution in [3.05, 3.63) is 71.3 Å². The molecular formula is C22H25F2NO. The van der Waals surface area contributed by atoms with Crippen LogP contribution in [0.15, 0.2) is 48.5 Å². The zero-order chi connectivity index (χ0) is 18.1. The van der Waals surface area contributed by atoms with Crippen LogP contribution in [0.1, 0.15) is 42.9 Å². The van der Waals surface area contributed by atoms with Crippen molar-refractivity contribution in [3.63, 3.8) is 0 Å². The van der Waals surface area contributed by atoms with Gasteiger partial charge in [0.2, 0.25) is 0 Å². The van der Waals surface area contributed by atoms with Crippen LogP contribution in [0.2, 0.25) is 0 Å². The summed E-state index contributed by atoms with van der Waals surface area (Å²) < 4.78 is 27.3. The summed E-state index contributed by atoms with van der Waals surface area (Å²) >= 11 is 0. The van der Waals surface area contributed by atoms with E-state index in [1.165, 1.54) is 18.6 Å². The summed E-state index contributed by atoms with van der Waals surface area (Å²) in [5.74, 6) is 0.180. The molecule has 0 aromatic heterocycles. The largest absolute Gasteiger partial charge is 0.388 e. The lowest BCUT2D eigenvalue weighted by Gasteiger charge is -2.44. The first-order chi connectivity index (χ1) is 12.6. The Morgan fingerprint density at radius 1 is 1.12 bits per heavy atom. The number of rotatable bonds is 6. The van der Waals surface area contributed by atoms with E-state index in [9.17, 15) is 13.9 Å². The lowest BCUT2D eigenvalue weighted by atomic mass is 9.58. The minimum Gasteiger partial charge on any atom is -0.388 e. The molecule has 1 saturated heterocycles. The van der Waals surface area contributed by atoms with Crippen LogP contribution in [-0.4, -0.2) is 29.6 Å². The van der Waals surface area contributed by atoms with Gasteiger partial charge < -0.3 is 10.0 Å². The molecule has 1 N–H and O–H groups in total. The molecule has 3 atom stereocenters. The number of hydrogen-bond acceptors (Lipinski definition) is 2. The van der Waals surface area contributed by atoms with Gasteiger partial charge in [-0.25, -0.2) is 8.78 Å². The zero-order valence-electron chi connectivity index (χ0n) is 14.9. The summed E-state index contributed by atoms with van der Waals surface area (Å²) in [7, 11) is 0. The highest BCUT2D eigenvalue weighted by Crippen LogP contribution is 2.54. The minimum absolute atomic E-state index is 0.0130. The number of aliphatic hydroxyl groups is 1. The van der Waals surface area contributed by atoms with Crippen molar-refractivity contribution < 1.29 is 13.9 Å². The predicted molar refractivity (Wildman–Crippen MR) is 97.8 cm³/mol. The van der Waals surface area contributed by atoms with E-state index >= 15 is 0 Å². The van der Waals surface area contributed by atoms with Crippen LogP contribution in [0.25, 0.3) is 0 Å². The highest BCUT2D eigenvalue weighted by Gasteiger charge is 2.54. The fraction of sp³-hybridized carbons (Fsp3) is 0.455. The SMILES string of the molecule is OC(CCCN1CC2CCC2(c2ccccc2F)C1)c1ccc(F)cc1. The molecular weight excluding hydrogens is 332 g/mol. The molecule has 2 aliphatic rings. The third-order valence-corrected chi connectivity index (χ3v) is 6.32. The Hall–Kier alpha value is -1.78. The molecule has 1 saturated carbocycles. The maximum Gasteiger partial charge on any atom is 0.127 e. The monoisotopic (exact) mass is 357 g/mol. The minimum atomic E-state index is -0.560. The average Bonchev–Trinajstić information content (AvgIpc) is 2.87. The number of benzene rings is 2. The van der Waals surface area contributed by atoms with Crippen LogP contribution in [0.4, 0.5) is 8.78 Å². The molecule has 138 valence electrons. The summed E-state index contributed by atoms with van der Waals surface area (Å²) in [5.41, 5.74) is 1.63. The summed E-state index contributed by atoms with van der Waals surface area (Å²) in [6, 6.07) is 13.3. The van der Waals surface area contributed by atoms with Crippen LogP contribution in [-0.2, 0) is 5.41 Å². The van der Waals surface area contributed by atoms with Gasteiger partial charge in [0.25, 0.3) is 0 Å². The zero-order valence-corrected chi connectivity index (χ0v) is 14.9. The molecule has 2 aromatic carbocycles. The number of halogens is 2. The van der Waals surface area contributed by atoms with Gasteiger partial charge in [0, 0.05) is 18.5 Å². The van der Waals surface area contributed by atoms with Crippen LogP contribution in [0.3, 0.4) is 0 Å². The normalized spacial score (nSPS) is 26.3. The first-order valence-corrected chi connectivity index (χ1v) is 9.49. The third kappa shape index (κ3) is 3.17. The third-order valence-electron chi connectivity index (χ3n) is 6.32. The van der Waals surface area contributed by atoms with Gasteiger partial charge >= 0.3 is 0 Å². The van der Waals surface area contributed by atoms with E-state index in [4.69, 9.17) is 0 Å². The van der Waals surface area contributed by atoms with Crippen molar-refractivity contribution in [2.75, 3.05) is 19.6 Å². The fourth-order valence-electron chi connectivity index (χ4n) is 4.78. The van der Waals surface area contributed by atoms with Gasteiger partial charge in [-0.05, 0) is 67.5 Å². The summed E-state index contributed by atoms with van der Waals surface area (Å²) in [6.45, 7) is 2.83. The molecule has 4 heteroatoms. The van der Waals surface area contributed by atoms with E-state index in [0.29, 0.717) is 12.3 Å². The molecule has 0 radical (unpaired) electrons. The molecule has 2 aromatic rings. The number of fused-ring (bicyclic) bond motifs is 1. The lowest BCUT2D eigenvalue weighted by molar-refractivity contribution is 0.157. The first kappa shape index (κ1) is 17.6. The second-order valence-corrected chi connectivity index (χ2v) is 7.82. The van der Waals surface area contributed by atoms with Gasteiger partial charge in [-0.2, -0.15) is 0 Å². The quantitative estimate of drug-likeness (QED) is 0.826. The van der Waals surface area contributed by atoms with Gasteiger partial charge in [-0.1, -0.05) is 30.3 Å². The number of likely N-dealkylation sites (tertiary alicyclic amines) is 1. The van der Waals surface area contributed by atoms with Crippen LogP contribution >= 0.6 is 0 Å². The van der Waals surface area contributed by atoms with Crippen LogP contribution in [0, 0.1) is 17.6 Å². The topological polar surface area (TPSA) is 23.5 Å².